The van der Waals surface area contributed by atoms with Gasteiger partial charge < -0.3 is 5.32 Å². The van der Waals surface area contributed by atoms with Gasteiger partial charge in [0.1, 0.15) is 0 Å². The van der Waals surface area contributed by atoms with Crippen molar-refractivity contribution in [1.82, 2.24) is 5.32 Å². The fraction of sp³-hybridized carbons (Fsp3) is 0.538. The quantitative estimate of drug-likeness (QED) is 0.566. The van der Waals surface area contributed by atoms with Crippen molar-refractivity contribution in [2.24, 2.45) is 0 Å². The molecule has 3 heteroatoms. The van der Waals surface area contributed by atoms with Crippen molar-refractivity contribution in [3.05, 3.63) is 34.8 Å². The number of hydrogen-bond acceptors (Lipinski definition) is 2. The number of nitriles is 1. The third kappa shape index (κ3) is 3.44. The molecule has 0 aliphatic heterocycles. The van der Waals surface area contributed by atoms with Gasteiger partial charge in [0.2, 0.25) is 0 Å². The van der Waals surface area contributed by atoms with Crippen molar-refractivity contribution in [2.45, 2.75) is 38.6 Å². The van der Waals surface area contributed by atoms with E-state index < -0.39 is 6.04 Å². The van der Waals surface area contributed by atoms with Crippen LogP contribution in [0.4, 0.5) is 0 Å². The minimum atomic E-state index is -0.635. The minimum absolute atomic E-state index is 0.635. The Hall–Kier alpha value is -1.74. The molecule has 0 aromatic rings. The van der Waals surface area contributed by atoms with Gasteiger partial charge in [0.15, 0.2) is 6.07 Å². The lowest BCUT2D eigenvalue weighted by molar-refractivity contribution is 0.715. The molecule has 0 amide bonds. The summed E-state index contributed by atoms with van der Waals surface area (Å²) in [5, 5.41) is 12.1. The van der Waals surface area contributed by atoms with E-state index in [0.29, 0.717) is 0 Å². The third-order valence-corrected chi connectivity index (χ3v) is 2.58. The molecule has 1 unspecified atom stereocenters. The molecular weight excluding hydrogens is 198 g/mol. The van der Waals surface area contributed by atoms with Gasteiger partial charge in [0.25, 0.3) is 0 Å². The van der Waals surface area contributed by atoms with E-state index in [-0.39, 0.29) is 0 Å². The zero-order chi connectivity index (χ0) is 11.8. The SMILES string of the molecule is [C-]#[N+]C(C#N)C=C1CCC=C1NCCCC. The summed E-state index contributed by atoms with van der Waals surface area (Å²) in [4.78, 5) is 3.26. The van der Waals surface area contributed by atoms with E-state index in [9.17, 15) is 0 Å². The second-order valence-electron chi connectivity index (χ2n) is 3.83. The van der Waals surface area contributed by atoms with Crippen LogP contribution >= 0.6 is 0 Å². The van der Waals surface area contributed by atoms with Crippen LogP contribution in [-0.2, 0) is 0 Å². The first-order valence-corrected chi connectivity index (χ1v) is 5.73. The first-order chi connectivity index (χ1) is 7.81. The number of nitrogens with zero attached hydrogens (tertiary/aromatic N) is 2. The normalized spacial score (nSPS) is 18.7. The average molecular weight is 215 g/mol. The number of hydrogen-bond donors (Lipinski definition) is 1. The maximum Gasteiger partial charge on any atom is 0.326 e. The number of allylic oxidation sites excluding steroid dienone is 2. The maximum atomic E-state index is 8.74. The van der Waals surface area contributed by atoms with E-state index in [2.05, 4.69) is 23.2 Å². The summed E-state index contributed by atoms with van der Waals surface area (Å²) in [5.74, 6) is 0. The lowest BCUT2D eigenvalue weighted by atomic mass is 10.1. The van der Waals surface area contributed by atoms with Gasteiger partial charge in [-0.05, 0) is 24.8 Å². The fourth-order valence-electron chi connectivity index (χ4n) is 1.69. The average Bonchev–Trinajstić information content (AvgIpc) is 2.74. The van der Waals surface area contributed by atoms with Crippen LogP contribution in [0.2, 0.25) is 0 Å². The highest BCUT2D eigenvalue weighted by Crippen LogP contribution is 2.23. The molecule has 1 rings (SSSR count). The molecule has 0 fully saturated rings. The lowest BCUT2D eigenvalue weighted by Gasteiger charge is -2.08. The van der Waals surface area contributed by atoms with Gasteiger partial charge in [-0.25, -0.2) is 6.57 Å². The lowest BCUT2D eigenvalue weighted by Crippen LogP contribution is -2.15. The second-order valence-corrected chi connectivity index (χ2v) is 3.83. The molecule has 3 nitrogen and oxygen atoms in total. The first-order valence-electron chi connectivity index (χ1n) is 5.73. The molecular formula is C13H17N3. The number of rotatable bonds is 5. The molecule has 1 N–H and O–H groups in total. The number of nitrogens with one attached hydrogen (secondary N) is 1. The Kier molecular flexibility index (Phi) is 5.16. The standard InChI is InChI=1S/C13H17N3/c1-3-4-8-16-13-7-5-6-11(13)9-12(10-14)15-2/h7,9,12,16H,3-6,8H2,1H3. The molecule has 0 saturated carbocycles. The molecule has 0 saturated heterocycles. The van der Waals surface area contributed by atoms with Crippen LogP contribution in [-0.4, -0.2) is 12.6 Å². The molecule has 84 valence electrons. The Labute approximate surface area is 97.3 Å². The Morgan fingerprint density at radius 3 is 3.19 bits per heavy atom. The van der Waals surface area contributed by atoms with Crippen LogP contribution in [0.1, 0.15) is 32.6 Å². The van der Waals surface area contributed by atoms with Gasteiger partial charge >= 0.3 is 6.04 Å². The van der Waals surface area contributed by atoms with Crippen molar-refractivity contribution < 1.29 is 0 Å². The molecule has 1 aliphatic rings. The van der Waals surface area contributed by atoms with Crippen LogP contribution in [0.5, 0.6) is 0 Å². The van der Waals surface area contributed by atoms with E-state index in [1.54, 1.807) is 6.08 Å². The Balaban J connectivity index is 2.58. The van der Waals surface area contributed by atoms with Crippen molar-refractivity contribution >= 4 is 0 Å². The molecule has 0 aromatic heterocycles. The molecule has 0 aromatic carbocycles. The molecule has 0 radical (unpaired) electrons. The summed E-state index contributed by atoms with van der Waals surface area (Å²) in [6.45, 7) is 10.0. The van der Waals surface area contributed by atoms with Gasteiger partial charge in [-0.3, -0.25) is 4.85 Å². The van der Waals surface area contributed by atoms with Crippen molar-refractivity contribution in [1.29, 1.82) is 5.26 Å². The minimum Gasteiger partial charge on any atom is -0.385 e. The van der Waals surface area contributed by atoms with Gasteiger partial charge in [-0.1, -0.05) is 19.4 Å². The van der Waals surface area contributed by atoms with Gasteiger partial charge in [0, 0.05) is 18.3 Å². The first kappa shape index (κ1) is 12.3. The monoisotopic (exact) mass is 215 g/mol. The largest absolute Gasteiger partial charge is 0.385 e. The van der Waals surface area contributed by atoms with Gasteiger partial charge in [0.05, 0.1) is 0 Å². The predicted octanol–water partition coefficient (Wildman–Crippen LogP) is 2.79. The molecule has 1 atom stereocenters. The van der Waals surface area contributed by atoms with E-state index in [0.717, 1.165) is 37.1 Å². The van der Waals surface area contributed by atoms with Gasteiger partial charge in [-0.15, -0.1) is 0 Å². The van der Waals surface area contributed by atoms with Gasteiger partial charge in [-0.2, -0.15) is 5.26 Å². The summed E-state index contributed by atoms with van der Waals surface area (Å²) in [6, 6.07) is 1.35. The Morgan fingerprint density at radius 1 is 1.75 bits per heavy atom. The Bertz CT molecular complexity index is 352. The maximum absolute atomic E-state index is 8.74. The highest BCUT2D eigenvalue weighted by Gasteiger charge is 2.15. The highest BCUT2D eigenvalue weighted by molar-refractivity contribution is 5.37. The smallest absolute Gasteiger partial charge is 0.326 e. The summed E-state index contributed by atoms with van der Waals surface area (Å²) in [7, 11) is 0. The Morgan fingerprint density at radius 2 is 2.56 bits per heavy atom. The second kappa shape index (κ2) is 6.69. The van der Waals surface area contributed by atoms with E-state index in [4.69, 9.17) is 11.8 Å². The summed E-state index contributed by atoms with van der Waals surface area (Å²) >= 11 is 0. The van der Waals surface area contributed by atoms with Crippen LogP contribution in [0.25, 0.3) is 4.85 Å². The molecule has 1 aliphatic carbocycles. The zero-order valence-electron chi connectivity index (χ0n) is 9.66. The molecule has 0 bridgehead atoms. The number of unbranched alkanes of at least 4 members (excludes halogenated alkanes) is 1. The third-order valence-electron chi connectivity index (χ3n) is 2.58. The van der Waals surface area contributed by atoms with E-state index in [1.807, 2.05) is 6.07 Å². The predicted molar refractivity (Wildman–Crippen MR) is 64.3 cm³/mol. The van der Waals surface area contributed by atoms with Crippen molar-refractivity contribution in [3.8, 4) is 6.07 Å². The molecule has 0 heterocycles. The van der Waals surface area contributed by atoms with E-state index in [1.165, 1.54) is 6.42 Å². The topological polar surface area (TPSA) is 40.2 Å². The summed E-state index contributed by atoms with van der Waals surface area (Å²) < 4.78 is 0. The highest BCUT2D eigenvalue weighted by atomic mass is 14.9. The fourth-order valence-corrected chi connectivity index (χ4v) is 1.69. The van der Waals surface area contributed by atoms with Crippen molar-refractivity contribution in [2.75, 3.05) is 6.54 Å². The zero-order valence-corrected chi connectivity index (χ0v) is 9.66. The summed E-state index contributed by atoms with van der Waals surface area (Å²) in [6.07, 6.45) is 8.21. The van der Waals surface area contributed by atoms with Crippen LogP contribution in [0, 0.1) is 17.9 Å². The van der Waals surface area contributed by atoms with Crippen LogP contribution in [0.3, 0.4) is 0 Å². The van der Waals surface area contributed by atoms with Crippen LogP contribution < -0.4 is 5.32 Å². The van der Waals surface area contributed by atoms with Crippen LogP contribution in [0.15, 0.2) is 23.4 Å². The molecule has 0 spiro atoms. The molecule has 16 heavy (non-hydrogen) atoms. The van der Waals surface area contributed by atoms with E-state index >= 15 is 0 Å². The summed E-state index contributed by atoms with van der Waals surface area (Å²) in [5.41, 5.74) is 2.25. The van der Waals surface area contributed by atoms with Crippen molar-refractivity contribution in [3.63, 3.8) is 0 Å².